The number of benzene rings is 1. The van der Waals surface area contributed by atoms with E-state index >= 15 is 0 Å². The number of aryl methyl sites for hydroxylation is 1. The van der Waals surface area contributed by atoms with Crippen LogP contribution in [0.2, 0.25) is 0 Å². The fourth-order valence-corrected chi connectivity index (χ4v) is 4.19. The highest BCUT2D eigenvalue weighted by Crippen LogP contribution is 2.19. The Kier molecular flexibility index (Phi) is 5.91. The molecule has 0 saturated heterocycles. The van der Waals surface area contributed by atoms with E-state index in [0.29, 0.717) is 19.4 Å². The van der Waals surface area contributed by atoms with E-state index in [0.717, 1.165) is 22.0 Å². The van der Waals surface area contributed by atoms with Gasteiger partial charge in [-0.3, -0.25) is 4.98 Å². The smallest absolute Gasteiger partial charge is 0.211 e. The molecule has 1 aromatic carbocycles. The van der Waals surface area contributed by atoms with Gasteiger partial charge in [0.25, 0.3) is 0 Å². The number of hydrogen-bond acceptors (Lipinski definition) is 5. The van der Waals surface area contributed by atoms with E-state index in [1.165, 1.54) is 11.3 Å². The van der Waals surface area contributed by atoms with Crippen molar-refractivity contribution in [3.05, 3.63) is 70.7 Å². The first-order valence-electron chi connectivity index (χ1n) is 7.99. The highest BCUT2D eigenvalue weighted by atomic mass is 32.2. The predicted octanol–water partition coefficient (Wildman–Crippen LogP) is 2.91. The Morgan fingerprint density at radius 2 is 1.76 bits per heavy atom. The van der Waals surface area contributed by atoms with Crippen LogP contribution in [0.25, 0.3) is 11.4 Å². The van der Waals surface area contributed by atoms with Gasteiger partial charge in [-0.05, 0) is 24.1 Å². The van der Waals surface area contributed by atoms with Crippen molar-refractivity contribution in [2.45, 2.75) is 12.8 Å². The zero-order valence-corrected chi connectivity index (χ0v) is 15.3. The van der Waals surface area contributed by atoms with Crippen molar-refractivity contribution in [1.29, 1.82) is 0 Å². The van der Waals surface area contributed by atoms with Crippen LogP contribution in [0, 0.1) is 0 Å². The van der Waals surface area contributed by atoms with Crippen molar-refractivity contribution in [1.82, 2.24) is 14.7 Å². The van der Waals surface area contributed by atoms with Crippen molar-refractivity contribution in [3.63, 3.8) is 0 Å². The second kappa shape index (κ2) is 8.33. The van der Waals surface area contributed by atoms with Gasteiger partial charge >= 0.3 is 0 Å². The number of nitrogens with zero attached hydrogens (tertiary/aromatic N) is 2. The Morgan fingerprint density at radius 3 is 2.52 bits per heavy atom. The lowest BCUT2D eigenvalue weighted by atomic mass is 10.2. The maximum atomic E-state index is 12.1. The van der Waals surface area contributed by atoms with Crippen molar-refractivity contribution in [2.24, 2.45) is 0 Å². The number of nitrogens with one attached hydrogen (secondary N) is 1. The lowest BCUT2D eigenvalue weighted by molar-refractivity contribution is 0.581. The summed E-state index contributed by atoms with van der Waals surface area (Å²) in [5.74, 6) is 0.0913. The number of aromatic nitrogens is 2. The van der Waals surface area contributed by atoms with Crippen LogP contribution in [0.4, 0.5) is 0 Å². The average Bonchev–Trinajstić information content (AvgIpc) is 3.11. The molecule has 2 heterocycles. The maximum Gasteiger partial charge on any atom is 0.211 e. The minimum atomic E-state index is -3.28. The molecule has 0 spiro atoms. The molecule has 0 fully saturated rings. The Bertz CT molecular complexity index is 894. The number of rotatable bonds is 8. The topological polar surface area (TPSA) is 72.0 Å². The Labute approximate surface area is 151 Å². The molecule has 0 radical (unpaired) electrons. The molecule has 25 heavy (non-hydrogen) atoms. The third kappa shape index (κ3) is 5.45. The van der Waals surface area contributed by atoms with Crippen LogP contribution in [-0.4, -0.2) is 30.7 Å². The Morgan fingerprint density at radius 1 is 0.960 bits per heavy atom. The van der Waals surface area contributed by atoms with E-state index in [2.05, 4.69) is 14.7 Å². The Hall–Kier alpha value is -2.09. The van der Waals surface area contributed by atoms with Gasteiger partial charge in [0.2, 0.25) is 10.0 Å². The van der Waals surface area contributed by atoms with Crippen molar-refractivity contribution >= 4 is 21.4 Å². The van der Waals surface area contributed by atoms with Gasteiger partial charge in [-0.2, -0.15) is 0 Å². The van der Waals surface area contributed by atoms with Crippen LogP contribution in [0.3, 0.4) is 0 Å². The van der Waals surface area contributed by atoms with E-state index in [1.807, 2.05) is 53.9 Å². The van der Waals surface area contributed by atoms with Gasteiger partial charge in [-0.25, -0.2) is 18.1 Å². The summed E-state index contributed by atoms with van der Waals surface area (Å²) in [6, 6.07) is 15.3. The van der Waals surface area contributed by atoms with E-state index in [9.17, 15) is 8.42 Å². The average molecular weight is 374 g/mol. The third-order valence-electron chi connectivity index (χ3n) is 3.64. The van der Waals surface area contributed by atoms with Gasteiger partial charge in [0.05, 0.1) is 22.1 Å². The molecule has 5 nitrogen and oxygen atoms in total. The molecule has 0 aliphatic carbocycles. The monoisotopic (exact) mass is 373 g/mol. The molecule has 0 amide bonds. The SMILES string of the molecule is O=S(=O)(CCc1ccccc1)NCCc1nc(-c2ccccn2)cs1. The summed E-state index contributed by atoms with van der Waals surface area (Å²) in [4.78, 5) is 8.78. The van der Waals surface area contributed by atoms with Crippen molar-refractivity contribution in [3.8, 4) is 11.4 Å². The van der Waals surface area contributed by atoms with Crippen LogP contribution in [0.5, 0.6) is 0 Å². The Balaban J connectivity index is 1.48. The van der Waals surface area contributed by atoms with Crippen LogP contribution in [0.1, 0.15) is 10.6 Å². The fraction of sp³-hybridized carbons (Fsp3) is 0.222. The summed E-state index contributed by atoms with van der Waals surface area (Å²) in [5, 5.41) is 2.84. The van der Waals surface area contributed by atoms with Crippen LogP contribution in [-0.2, 0) is 22.9 Å². The molecule has 0 aliphatic rings. The van der Waals surface area contributed by atoms with Gasteiger partial charge < -0.3 is 0 Å². The van der Waals surface area contributed by atoms with Crippen molar-refractivity contribution in [2.75, 3.05) is 12.3 Å². The van der Waals surface area contributed by atoms with E-state index < -0.39 is 10.0 Å². The highest BCUT2D eigenvalue weighted by Gasteiger charge is 2.11. The summed E-state index contributed by atoms with van der Waals surface area (Å²) >= 11 is 1.52. The summed E-state index contributed by atoms with van der Waals surface area (Å²) in [5.41, 5.74) is 2.67. The first kappa shape index (κ1) is 17.7. The highest BCUT2D eigenvalue weighted by molar-refractivity contribution is 7.89. The number of thiazole rings is 1. The van der Waals surface area contributed by atoms with Gasteiger partial charge in [0, 0.05) is 24.5 Å². The second-order valence-electron chi connectivity index (χ2n) is 5.54. The largest absolute Gasteiger partial charge is 0.255 e. The molecule has 7 heteroatoms. The molecule has 0 atom stereocenters. The van der Waals surface area contributed by atoms with E-state index in [1.54, 1.807) is 6.20 Å². The lowest BCUT2D eigenvalue weighted by Gasteiger charge is -2.06. The molecule has 0 saturated carbocycles. The predicted molar refractivity (Wildman–Crippen MR) is 101 cm³/mol. The molecule has 0 unspecified atom stereocenters. The van der Waals surface area contributed by atoms with Gasteiger partial charge in [-0.15, -0.1) is 11.3 Å². The van der Waals surface area contributed by atoms with Crippen LogP contribution in [0.15, 0.2) is 60.1 Å². The summed E-state index contributed by atoms with van der Waals surface area (Å²) < 4.78 is 26.8. The second-order valence-corrected chi connectivity index (χ2v) is 8.41. The van der Waals surface area contributed by atoms with Crippen LogP contribution < -0.4 is 4.72 Å². The minimum absolute atomic E-state index is 0.0913. The molecule has 130 valence electrons. The fourth-order valence-electron chi connectivity index (χ4n) is 2.34. The third-order valence-corrected chi connectivity index (χ3v) is 5.94. The first-order valence-corrected chi connectivity index (χ1v) is 10.5. The summed E-state index contributed by atoms with van der Waals surface area (Å²) in [7, 11) is -3.28. The lowest BCUT2D eigenvalue weighted by Crippen LogP contribution is -2.29. The molecule has 2 aromatic heterocycles. The summed E-state index contributed by atoms with van der Waals surface area (Å²) in [6.45, 7) is 0.353. The van der Waals surface area contributed by atoms with Gasteiger partial charge in [0.1, 0.15) is 0 Å². The number of sulfonamides is 1. The van der Waals surface area contributed by atoms with Gasteiger partial charge in [0.15, 0.2) is 0 Å². The molecule has 3 aromatic rings. The molecule has 1 N–H and O–H groups in total. The van der Waals surface area contributed by atoms with Crippen LogP contribution >= 0.6 is 11.3 Å². The van der Waals surface area contributed by atoms with E-state index in [-0.39, 0.29) is 5.75 Å². The molecule has 0 bridgehead atoms. The maximum absolute atomic E-state index is 12.1. The molecule has 0 aliphatic heterocycles. The molecule has 3 rings (SSSR count). The zero-order chi connectivity index (χ0) is 17.5. The molecular weight excluding hydrogens is 354 g/mol. The minimum Gasteiger partial charge on any atom is -0.255 e. The van der Waals surface area contributed by atoms with E-state index in [4.69, 9.17) is 0 Å². The normalized spacial score (nSPS) is 11.5. The number of pyridine rings is 1. The number of hydrogen-bond donors (Lipinski definition) is 1. The van der Waals surface area contributed by atoms with Gasteiger partial charge in [-0.1, -0.05) is 36.4 Å². The summed E-state index contributed by atoms with van der Waals surface area (Å²) in [6.07, 6.45) is 2.81. The first-order chi connectivity index (χ1) is 12.1. The van der Waals surface area contributed by atoms with Crippen molar-refractivity contribution < 1.29 is 8.42 Å². The standard InChI is InChI=1S/C18H19N3O2S2/c22-25(23,13-10-15-6-2-1-3-7-15)20-12-9-18-21-17(14-24-18)16-8-4-5-11-19-16/h1-8,11,14,20H,9-10,12-13H2. The zero-order valence-electron chi connectivity index (χ0n) is 13.6. The quantitative estimate of drug-likeness (QED) is 0.659. The molecular formula is C18H19N3O2S2.